The van der Waals surface area contributed by atoms with E-state index in [9.17, 15) is 4.79 Å². The number of hydrogen-bond acceptors (Lipinski definition) is 2. The molecule has 1 aliphatic carbocycles. The van der Waals surface area contributed by atoms with E-state index in [0.717, 1.165) is 38.9 Å². The molecule has 2 aliphatic rings. The molecule has 3 nitrogen and oxygen atoms in total. The van der Waals surface area contributed by atoms with Crippen molar-refractivity contribution in [3.8, 4) is 0 Å². The number of allylic oxidation sites excluding steroid dienone is 2. The van der Waals surface area contributed by atoms with Crippen LogP contribution in [0.25, 0.3) is 0 Å². The molecule has 3 heteroatoms. The number of carbonyl (C=O) groups excluding carboxylic acids is 1. The van der Waals surface area contributed by atoms with Crippen LogP contribution in [0.1, 0.15) is 39.0 Å². The third kappa shape index (κ3) is 3.32. The molecule has 1 saturated heterocycles. The summed E-state index contributed by atoms with van der Waals surface area (Å²) in [5.74, 6) is 0.878. The summed E-state index contributed by atoms with van der Waals surface area (Å²) in [6.45, 7) is 4.80. The van der Waals surface area contributed by atoms with Crippen molar-refractivity contribution in [2.45, 2.75) is 39.0 Å². The normalized spacial score (nSPS) is 33.4. The molecule has 0 saturated carbocycles. The van der Waals surface area contributed by atoms with Gasteiger partial charge in [0, 0.05) is 13.1 Å². The lowest BCUT2D eigenvalue weighted by Crippen LogP contribution is -2.49. The molecule has 96 valence electrons. The molecule has 0 aromatic carbocycles. The molecule has 2 N–H and O–H groups in total. The Morgan fingerprint density at radius 1 is 1.53 bits per heavy atom. The van der Waals surface area contributed by atoms with Gasteiger partial charge < -0.3 is 10.6 Å². The van der Waals surface area contributed by atoms with E-state index in [1.807, 2.05) is 0 Å². The molecule has 0 bridgehead atoms. The molecule has 2 atom stereocenters. The smallest absolute Gasteiger partial charge is 0.227 e. The lowest BCUT2D eigenvalue weighted by Gasteiger charge is -2.33. The van der Waals surface area contributed by atoms with E-state index in [4.69, 9.17) is 0 Å². The van der Waals surface area contributed by atoms with E-state index in [1.54, 1.807) is 0 Å². The van der Waals surface area contributed by atoms with Gasteiger partial charge in [0.25, 0.3) is 0 Å². The molecule has 2 unspecified atom stereocenters. The Morgan fingerprint density at radius 3 is 3.06 bits per heavy atom. The van der Waals surface area contributed by atoms with Crippen molar-refractivity contribution in [1.29, 1.82) is 0 Å². The zero-order valence-electron chi connectivity index (χ0n) is 10.8. The predicted molar refractivity (Wildman–Crippen MR) is 69.7 cm³/mol. The molecule has 17 heavy (non-hydrogen) atoms. The van der Waals surface area contributed by atoms with Crippen LogP contribution >= 0.6 is 0 Å². The molecular weight excluding hydrogens is 212 g/mol. The zero-order valence-corrected chi connectivity index (χ0v) is 10.8. The predicted octanol–water partition coefficient (Wildman–Crippen LogP) is 1.85. The number of nitrogens with one attached hydrogen (secondary N) is 2. The van der Waals surface area contributed by atoms with Gasteiger partial charge in [0.2, 0.25) is 5.91 Å². The van der Waals surface area contributed by atoms with Gasteiger partial charge in [-0.25, -0.2) is 0 Å². The fourth-order valence-corrected chi connectivity index (χ4v) is 2.74. The van der Waals surface area contributed by atoms with Gasteiger partial charge in [-0.15, -0.1) is 0 Å². The Hall–Kier alpha value is -0.830. The van der Waals surface area contributed by atoms with Crippen LogP contribution in [-0.4, -0.2) is 25.5 Å². The van der Waals surface area contributed by atoms with E-state index in [0.29, 0.717) is 5.92 Å². The third-order valence-corrected chi connectivity index (χ3v) is 4.07. The second kappa shape index (κ2) is 5.67. The van der Waals surface area contributed by atoms with Gasteiger partial charge in [0.1, 0.15) is 0 Å². The maximum atomic E-state index is 12.2. The van der Waals surface area contributed by atoms with E-state index in [1.165, 1.54) is 12.8 Å². The Bertz CT molecular complexity index is 293. The van der Waals surface area contributed by atoms with Crippen LogP contribution in [0.3, 0.4) is 0 Å². The van der Waals surface area contributed by atoms with Crippen molar-refractivity contribution in [3.05, 3.63) is 12.2 Å². The summed E-state index contributed by atoms with van der Waals surface area (Å²) in [7, 11) is 0. The van der Waals surface area contributed by atoms with Crippen molar-refractivity contribution in [1.82, 2.24) is 10.6 Å². The van der Waals surface area contributed by atoms with Gasteiger partial charge in [-0.3, -0.25) is 4.79 Å². The molecule has 0 spiro atoms. The second-order valence-corrected chi connectivity index (χ2v) is 5.70. The second-order valence-electron chi connectivity index (χ2n) is 5.70. The highest BCUT2D eigenvalue weighted by Gasteiger charge is 2.34. The molecule has 0 radical (unpaired) electrons. The van der Waals surface area contributed by atoms with Gasteiger partial charge in [-0.05, 0) is 51.5 Å². The summed E-state index contributed by atoms with van der Waals surface area (Å²) in [5.41, 5.74) is -0.192. The van der Waals surface area contributed by atoms with Gasteiger partial charge >= 0.3 is 0 Å². The first-order valence-corrected chi connectivity index (χ1v) is 6.85. The van der Waals surface area contributed by atoms with E-state index < -0.39 is 0 Å². The maximum absolute atomic E-state index is 12.2. The molecule has 2 rings (SSSR count). The van der Waals surface area contributed by atoms with Gasteiger partial charge in [-0.2, -0.15) is 0 Å². The topological polar surface area (TPSA) is 41.1 Å². The van der Waals surface area contributed by atoms with Crippen molar-refractivity contribution >= 4 is 5.91 Å². The minimum atomic E-state index is -0.192. The first-order chi connectivity index (χ1) is 8.21. The Balaban J connectivity index is 1.77. The highest BCUT2D eigenvalue weighted by molar-refractivity contribution is 5.82. The van der Waals surface area contributed by atoms with Crippen LogP contribution in [0, 0.1) is 11.3 Å². The van der Waals surface area contributed by atoms with E-state index in [2.05, 4.69) is 29.7 Å². The lowest BCUT2D eigenvalue weighted by atomic mass is 9.81. The summed E-state index contributed by atoms with van der Waals surface area (Å²) >= 11 is 0. The van der Waals surface area contributed by atoms with Crippen molar-refractivity contribution in [2.75, 3.05) is 19.6 Å². The van der Waals surface area contributed by atoms with E-state index in [-0.39, 0.29) is 11.3 Å². The Kier molecular flexibility index (Phi) is 4.21. The third-order valence-electron chi connectivity index (χ3n) is 4.07. The zero-order chi connectivity index (χ0) is 12.1. The summed E-state index contributed by atoms with van der Waals surface area (Å²) in [5, 5.41) is 6.47. The Morgan fingerprint density at radius 2 is 2.41 bits per heavy atom. The first kappa shape index (κ1) is 12.6. The number of hydrogen-bond donors (Lipinski definition) is 2. The summed E-state index contributed by atoms with van der Waals surface area (Å²) in [6.07, 6.45) is 10.1. The van der Waals surface area contributed by atoms with Gasteiger partial charge in [-0.1, -0.05) is 12.2 Å². The summed E-state index contributed by atoms with van der Waals surface area (Å²) in [6, 6.07) is 0. The minimum Gasteiger partial charge on any atom is -0.355 e. The van der Waals surface area contributed by atoms with Crippen molar-refractivity contribution < 1.29 is 4.79 Å². The highest BCUT2D eigenvalue weighted by Crippen LogP contribution is 2.26. The average molecular weight is 236 g/mol. The van der Waals surface area contributed by atoms with Crippen molar-refractivity contribution in [2.24, 2.45) is 11.3 Å². The molecule has 1 heterocycles. The quantitative estimate of drug-likeness (QED) is 0.734. The number of rotatable bonds is 3. The first-order valence-electron chi connectivity index (χ1n) is 6.85. The average Bonchev–Trinajstić information content (AvgIpc) is 2.38. The molecular formula is C14H24N2O. The summed E-state index contributed by atoms with van der Waals surface area (Å²) in [4.78, 5) is 12.2. The highest BCUT2D eigenvalue weighted by atomic mass is 16.2. The van der Waals surface area contributed by atoms with E-state index >= 15 is 0 Å². The number of amides is 1. The van der Waals surface area contributed by atoms with Gasteiger partial charge in [0.05, 0.1) is 5.41 Å². The molecule has 1 fully saturated rings. The van der Waals surface area contributed by atoms with Crippen LogP contribution in [0.2, 0.25) is 0 Å². The standard InChI is InChI=1S/C14H24N2O/c1-14(8-5-9-15-11-14)13(17)16-10-12-6-3-2-4-7-12/h2-3,12,15H,4-11H2,1H3,(H,16,17). The van der Waals surface area contributed by atoms with Crippen LogP contribution < -0.4 is 10.6 Å². The van der Waals surface area contributed by atoms with Gasteiger partial charge in [0.15, 0.2) is 0 Å². The monoisotopic (exact) mass is 236 g/mol. The lowest BCUT2D eigenvalue weighted by molar-refractivity contribution is -0.131. The van der Waals surface area contributed by atoms with Crippen molar-refractivity contribution in [3.63, 3.8) is 0 Å². The number of carbonyl (C=O) groups is 1. The molecule has 1 amide bonds. The molecule has 0 aromatic heterocycles. The number of piperidine rings is 1. The minimum absolute atomic E-state index is 0.192. The largest absolute Gasteiger partial charge is 0.355 e. The molecule has 0 aromatic rings. The maximum Gasteiger partial charge on any atom is 0.227 e. The SMILES string of the molecule is CC1(C(=O)NCC2CC=CCC2)CCCNC1. The van der Waals surface area contributed by atoms with Crippen LogP contribution in [0.15, 0.2) is 12.2 Å². The fourth-order valence-electron chi connectivity index (χ4n) is 2.74. The van der Waals surface area contributed by atoms with Crippen LogP contribution in [-0.2, 0) is 4.79 Å². The van der Waals surface area contributed by atoms with Crippen LogP contribution in [0.4, 0.5) is 0 Å². The Labute approximate surface area is 104 Å². The fraction of sp³-hybridized carbons (Fsp3) is 0.786. The van der Waals surface area contributed by atoms with Crippen LogP contribution in [0.5, 0.6) is 0 Å². The summed E-state index contributed by atoms with van der Waals surface area (Å²) < 4.78 is 0. The molecule has 1 aliphatic heterocycles.